The topological polar surface area (TPSA) is 84.1 Å². The molecule has 0 saturated carbocycles. The van der Waals surface area contributed by atoms with Gasteiger partial charge in [-0.1, -0.05) is 11.2 Å². The molecule has 5 heterocycles. The van der Waals surface area contributed by atoms with Crippen molar-refractivity contribution in [1.29, 1.82) is 0 Å². The van der Waals surface area contributed by atoms with E-state index >= 15 is 0 Å². The molecular weight excluding hydrogens is 390 g/mol. The number of nitrogens with zero attached hydrogens (tertiary/aromatic N) is 7. The molecule has 0 bridgehead atoms. The van der Waals surface area contributed by atoms with Gasteiger partial charge in [0.05, 0.1) is 11.3 Å². The van der Waals surface area contributed by atoms with Crippen molar-refractivity contribution >= 4 is 5.82 Å². The van der Waals surface area contributed by atoms with Crippen LogP contribution in [-0.2, 0) is 0 Å². The van der Waals surface area contributed by atoms with Gasteiger partial charge in [-0.2, -0.15) is 4.98 Å². The van der Waals surface area contributed by atoms with Gasteiger partial charge in [0.25, 0.3) is 5.89 Å². The first kappa shape index (κ1) is 19.3. The lowest BCUT2D eigenvalue weighted by atomic mass is 10.1. The van der Waals surface area contributed by atoms with Crippen LogP contribution in [-0.4, -0.2) is 63.2 Å². The molecule has 0 radical (unpaired) electrons. The molecule has 4 aromatic rings. The van der Waals surface area contributed by atoms with Crippen molar-refractivity contribution < 1.29 is 4.52 Å². The average molecular weight is 413 g/mol. The number of rotatable bonds is 4. The fourth-order valence-corrected chi connectivity index (χ4v) is 3.67. The number of pyridine rings is 3. The van der Waals surface area contributed by atoms with E-state index in [1.54, 1.807) is 24.8 Å². The molecule has 8 heteroatoms. The van der Waals surface area contributed by atoms with E-state index in [2.05, 4.69) is 41.9 Å². The van der Waals surface area contributed by atoms with Crippen molar-refractivity contribution in [3.05, 3.63) is 61.2 Å². The van der Waals surface area contributed by atoms with Crippen molar-refractivity contribution in [2.24, 2.45) is 0 Å². The zero-order valence-electron chi connectivity index (χ0n) is 17.3. The summed E-state index contributed by atoms with van der Waals surface area (Å²) in [5.74, 6) is 1.91. The number of anilines is 1. The molecule has 156 valence electrons. The maximum absolute atomic E-state index is 5.51. The Morgan fingerprint density at radius 3 is 2.65 bits per heavy atom. The van der Waals surface area contributed by atoms with Crippen molar-refractivity contribution in [2.45, 2.75) is 6.42 Å². The van der Waals surface area contributed by atoms with Gasteiger partial charge >= 0.3 is 0 Å². The Morgan fingerprint density at radius 2 is 1.81 bits per heavy atom. The van der Waals surface area contributed by atoms with Crippen LogP contribution in [0.1, 0.15) is 6.42 Å². The molecule has 1 saturated heterocycles. The quantitative estimate of drug-likeness (QED) is 0.503. The minimum atomic E-state index is 0.417. The van der Waals surface area contributed by atoms with Crippen LogP contribution in [0.25, 0.3) is 34.1 Å². The Bertz CT molecular complexity index is 1140. The van der Waals surface area contributed by atoms with E-state index in [1.807, 2.05) is 36.4 Å². The Hall–Kier alpha value is -3.65. The molecule has 0 spiro atoms. The van der Waals surface area contributed by atoms with Gasteiger partial charge in [0.15, 0.2) is 0 Å². The summed E-state index contributed by atoms with van der Waals surface area (Å²) in [5.41, 5.74) is 3.31. The Balaban J connectivity index is 1.35. The van der Waals surface area contributed by atoms with Gasteiger partial charge in [-0.25, -0.2) is 4.98 Å². The normalized spacial score (nSPS) is 15.1. The second-order valence-electron chi connectivity index (χ2n) is 7.65. The summed E-state index contributed by atoms with van der Waals surface area (Å²) in [6, 6.07) is 11.7. The predicted molar refractivity (Wildman–Crippen MR) is 118 cm³/mol. The molecule has 0 unspecified atom stereocenters. The molecule has 8 nitrogen and oxygen atoms in total. The summed E-state index contributed by atoms with van der Waals surface area (Å²) in [6.07, 6.45) is 8.18. The molecule has 0 atom stereocenters. The number of likely N-dealkylation sites (N-methyl/N-ethyl adjacent to an activating group) is 1. The highest BCUT2D eigenvalue weighted by Gasteiger charge is 2.16. The summed E-state index contributed by atoms with van der Waals surface area (Å²) >= 11 is 0. The molecule has 1 aliphatic rings. The molecule has 0 aliphatic carbocycles. The van der Waals surface area contributed by atoms with E-state index in [0.717, 1.165) is 60.8 Å². The highest BCUT2D eigenvalue weighted by molar-refractivity contribution is 5.66. The zero-order chi connectivity index (χ0) is 21.0. The lowest BCUT2D eigenvalue weighted by Gasteiger charge is -2.21. The summed E-state index contributed by atoms with van der Waals surface area (Å²) < 4.78 is 5.51. The fourth-order valence-electron chi connectivity index (χ4n) is 3.67. The predicted octanol–water partition coefficient (Wildman–Crippen LogP) is 3.40. The van der Waals surface area contributed by atoms with E-state index in [0.29, 0.717) is 11.7 Å². The second kappa shape index (κ2) is 8.61. The molecule has 31 heavy (non-hydrogen) atoms. The van der Waals surface area contributed by atoms with Crippen LogP contribution in [0.5, 0.6) is 0 Å². The van der Waals surface area contributed by atoms with Crippen LogP contribution >= 0.6 is 0 Å². The van der Waals surface area contributed by atoms with Crippen molar-refractivity contribution in [3.63, 3.8) is 0 Å². The highest BCUT2D eigenvalue weighted by atomic mass is 16.5. The maximum Gasteiger partial charge on any atom is 0.259 e. The van der Waals surface area contributed by atoms with E-state index in [9.17, 15) is 0 Å². The van der Waals surface area contributed by atoms with Crippen LogP contribution in [0.15, 0.2) is 65.7 Å². The number of hydrogen-bond acceptors (Lipinski definition) is 8. The summed E-state index contributed by atoms with van der Waals surface area (Å²) in [7, 11) is 2.16. The van der Waals surface area contributed by atoms with E-state index in [-0.39, 0.29) is 0 Å². The largest absolute Gasteiger partial charge is 0.355 e. The van der Waals surface area contributed by atoms with Crippen molar-refractivity contribution in [2.75, 3.05) is 38.1 Å². The van der Waals surface area contributed by atoms with Crippen LogP contribution < -0.4 is 4.90 Å². The van der Waals surface area contributed by atoms with Gasteiger partial charge in [0.1, 0.15) is 5.82 Å². The third-order valence-electron chi connectivity index (χ3n) is 5.42. The van der Waals surface area contributed by atoms with Gasteiger partial charge in [0, 0.05) is 55.5 Å². The molecular formula is C23H23N7O. The number of hydrogen-bond donors (Lipinski definition) is 0. The minimum Gasteiger partial charge on any atom is -0.355 e. The van der Waals surface area contributed by atoms with Crippen molar-refractivity contribution in [3.8, 4) is 34.1 Å². The minimum absolute atomic E-state index is 0.417. The maximum atomic E-state index is 5.51. The summed E-state index contributed by atoms with van der Waals surface area (Å²) in [6.45, 7) is 4.16. The van der Waals surface area contributed by atoms with Gasteiger partial charge in [-0.3, -0.25) is 9.97 Å². The van der Waals surface area contributed by atoms with Crippen LogP contribution in [0.3, 0.4) is 0 Å². The first-order valence-electron chi connectivity index (χ1n) is 10.4. The third-order valence-corrected chi connectivity index (χ3v) is 5.42. The van der Waals surface area contributed by atoms with Gasteiger partial charge in [0.2, 0.25) is 5.82 Å². The van der Waals surface area contributed by atoms with Gasteiger partial charge < -0.3 is 14.3 Å². The fraction of sp³-hybridized carbons (Fsp3) is 0.261. The molecule has 0 aromatic carbocycles. The third kappa shape index (κ3) is 4.29. The Kier molecular flexibility index (Phi) is 5.37. The molecule has 4 aromatic heterocycles. The smallest absolute Gasteiger partial charge is 0.259 e. The summed E-state index contributed by atoms with van der Waals surface area (Å²) in [5, 5.41) is 4.14. The van der Waals surface area contributed by atoms with Crippen LogP contribution in [0, 0.1) is 0 Å². The van der Waals surface area contributed by atoms with Gasteiger partial charge in [-0.15, -0.1) is 0 Å². The molecule has 1 aliphatic heterocycles. The SMILES string of the molecule is CN1CCCN(c2ccc(-c3noc(-c4cncc(-c5ccccn5)c4)n3)cn2)CC1. The van der Waals surface area contributed by atoms with Crippen molar-refractivity contribution in [1.82, 2.24) is 30.0 Å². The van der Waals surface area contributed by atoms with Crippen LogP contribution in [0.2, 0.25) is 0 Å². The number of aromatic nitrogens is 5. The Morgan fingerprint density at radius 1 is 0.871 bits per heavy atom. The second-order valence-corrected chi connectivity index (χ2v) is 7.65. The van der Waals surface area contributed by atoms with E-state index < -0.39 is 0 Å². The van der Waals surface area contributed by atoms with Gasteiger partial charge in [-0.05, 0) is 50.3 Å². The average Bonchev–Trinajstić information content (AvgIpc) is 3.22. The van der Waals surface area contributed by atoms with E-state index in [4.69, 9.17) is 4.52 Å². The lowest BCUT2D eigenvalue weighted by Crippen LogP contribution is -2.29. The van der Waals surface area contributed by atoms with E-state index in [1.165, 1.54) is 0 Å². The lowest BCUT2D eigenvalue weighted by molar-refractivity contribution is 0.360. The Labute approximate surface area is 180 Å². The monoisotopic (exact) mass is 413 g/mol. The first-order valence-corrected chi connectivity index (χ1v) is 10.4. The zero-order valence-corrected chi connectivity index (χ0v) is 17.3. The molecule has 0 amide bonds. The molecule has 5 rings (SSSR count). The highest BCUT2D eigenvalue weighted by Crippen LogP contribution is 2.26. The van der Waals surface area contributed by atoms with Crippen LogP contribution in [0.4, 0.5) is 5.82 Å². The standard InChI is InChI=1S/C23H23N7O/c1-29-9-4-10-30(12-11-29)21-7-6-17(16-26-21)22-27-23(31-28-22)19-13-18(14-24-15-19)20-5-2-3-8-25-20/h2-3,5-8,13-16H,4,9-12H2,1H3. The molecule has 1 fully saturated rings. The summed E-state index contributed by atoms with van der Waals surface area (Å²) in [4.78, 5) is 22.6. The first-order chi connectivity index (χ1) is 15.3. The molecule has 0 N–H and O–H groups in total.